The fraction of sp³-hybridized carbons (Fsp3) is 0.500. The lowest BCUT2D eigenvalue weighted by molar-refractivity contribution is -0.0451. The van der Waals surface area contributed by atoms with Gasteiger partial charge in [0.2, 0.25) is 0 Å². The van der Waals surface area contributed by atoms with Crippen molar-refractivity contribution in [3.8, 4) is 0 Å². The first kappa shape index (κ1) is 18.7. The molecular formula is C14H21NO6P+. The maximum atomic E-state index is 11.0. The number of aliphatic hydroxyl groups excluding tert-OH is 4. The van der Waals surface area contributed by atoms with Crippen LogP contribution in [0.4, 0.5) is 0 Å². The number of hydrogen-bond acceptors (Lipinski definition) is 7. The van der Waals surface area contributed by atoms with E-state index in [2.05, 4.69) is 5.16 Å². The Bertz CT molecular complexity index is 483. The van der Waals surface area contributed by atoms with E-state index in [1.165, 1.54) is 6.66 Å². The first-order valence-corrected chi connectivity index (χ1v) is 8.51. The van der Waals surface area contributed by atoms with Crippen molar-refractivity contribution >= 4 is 14.0 Å². The summed E-state index contributed by atoms with van der Waals surface area (Å²) in [4.78, 5) is 4.96. The largest absolute Gasteiger partial charge is 0.391 e. The van der Waals surface area contributed by atoms with Crippen molar-refractivity contribution in [3.05, 3.63) is 35.9 Å². The van der Waals surface area contributed by atoms with Crippen molar-refractivity contribution in [3.63, 3.8) is 0 Å². The fourth-order valence-corrected chi connectivity index (χ4v) is 2.12. The lowest BCUT2D eigenvalue weighted by atomic mass is 10.1. The third kappa shape index (κ3) is 6.60. The highest BCUT2D eigenvalue weighted by Gasteiger charge is 2.31. The highest BCUT2D eigenvalue weighted by Crippen LogP contribution is 2.25. The quantitative estimate of drug-likeness (QED) is 0.296. The molecule has 22 heavy (non-hydrogen) atoms. The topological polar surface area (TPSA) is 120 Å². The third-order valence-electron chi connectivity index (χ3n) is 2.98. The van der Waals surface area contributed by atoms with E-state index in [-0.39, 0.29) is 13.0 Å². The molecule has 0 saturated heterocycles. The van der Waals surface area contributed by atoms with Crippen LogP contribution in [-0.4, -0.2) is 57.5 Å². The van der Waals surface area contributed by atoms with Gasteiger partial charge in [0, 0.05) is 6.42 Å². The van der Waals surface area contributed by atoms with Crippen molar-refractivity contribution in [1.82, 2.24) is 0 Å². The molecule has 0 spiro atoms. The molecule has 0 amide bonds. The van der Waals surface area contributed by atoms with Crippen LogP contribution in [0, 0.1) is 0 Å². The SMILES string of the molecule is C[P+](=O)C(O)C[C@@H](O)[C@@H](O)[C@@H](O)C=NOCc1ccccc1. The zero-order chi connectivity index (χ0) is 16.5. The molecule has 0 saturated carbocycles. The maximum Gasteiger partial charge on any atom is 0.366 e. The maximum absolute atomic E-state index is 11.0. The molecule has 2 unspecified atom stereocenters. The number of rotatable bonds is 9. The van der Waals surface area contributed by atoms with E-state index in [0.29, 0.717) is 0 Å². The Balaban J connectivity index is 2.37. The minimum Gasteiger partial charge on any atom is -0.391 e. The van der Waals surface area contributed by atoms with E-state index in [9.17, 15) is 25.0 Å². The molecule has 8 heteroatoms. The standard InChI is InChI=1S/C14H21NO6P/c1-22(20)13(18)7-11(16)14(19)12(17)8-15-21-9-10-5-3-2-4-6-10/h2-6,8,11-14,16-19H,7,9H2,1H3/q+1/t11-,12+,13?,14-/m1/s1. The Morgan fingerprint density at radius 3 is 2.45 bits per heavy atom. The van der Waals surface area contributed by atoms with Crippen LogP contribution < -0.4 is 0 Å². The summed E-state index contributed by atoms with van der Waals surface area (Å²) in [6.07, 6.45) is -3.80. The summed E-state index contributed by atoms with van der Waals surface area (Å²) in [7, 11) is -1.88. The highest BCUT2D eigenvalue weighted by molar-refractivity contribution is 7.44. The van der Waals surface area contributed by atoms with Gasteiger partial charge >= 0.3 is 7.80 Å². The average Bonchev–Trinajstić information content (AvgIpc) is 2.51. The van der Waals surface area contributed by atoms with Crippen molar-refractivity contribution < 1.29 is 29.8 Å². The Kier molecular flexibility index (Phi) is 8.16. The van der Waals surface area contributed by atoms with Crippen molar-refractivity contribution in [1.29, 1.82) is 0 Å². The second kappa shape index (κ2) is 9.61. The van der Waals surface area contributed by atoms with Crippen LogP contribution in [0.15, 0.2) is 35.5 Å². The fourth-order valence-electron chi connectivity index (χ4n) is 1.61. The molecule has 0 aliphatic rings. The smallest absolute Gasteiger partial charge is 0.366 e. The van der Waals surface area contributed by atoms with Gasteiger partial charge in [0.25, 0.3) is 5.85 Å². The van der Waals surface area contributed by atoms with Gasteiger partial charge in [-0.15, -0.1) is 0 Å². The highest BCUT2D eigenvalue weighted by atomic mass is 31.1. The predicted octanol–water partition coefficient (Wildman–Crippen LogP) is 0.437. The normalized spacial score (nSPS) is 17.8. The Labute approximate surface area is 129 Å². The minimum absolute atomic E-state index is 0.206. The van der Waals surface area contributed by atoms with Gasteiger partial charge in [0.15, 0.2) is 0 Å². The van der Waals surface area contributed by atoms with Crippen molar-refractivity contribution in [2.75, 3.05) is 6.66 Å². The second-order valence-corrected chi connectivity index (χ2v) is 6.51. The zero-order valence-electron chi connectivity index (χ0n) is 12.2. The summed E-state index contributed by atoms with van der Waals surface area (Å²) >= 11 is 0. The molecule has 1 aromatic rings. The summed E-state index contributed by atoms with van der Waals surface area (Å²) in [5.41, 5.74) is 0.893. The van der Waals surface area contributed by atoms with E-state index >= 15 is 0 Å². The van der Waals surface area contributed by atoms with E-state index < -0.39 is 32.0 Å². The molecule has 4 N–H and O–H groups in total. The summed E-state index contributed by atoms with van der Waals surface area (Å²) in [5, 5.41) is 41.9. The van der Waals surface area contributed by atoms with Gasteiger partial charge in [-0.3, -0.25) is 0 Å². The van der Waals surface area contributed by atoms with Crippen LogP contribution in [0.2, 0.25) is 0 Å². The molecular weight excluding hydrogens is 309 g/mol. The van der Waals surface area contributed by atoms with Gasteiger partial charge in [-0.1, -0.05) is 40.1 Å². The van der Waals surface area contributed by atoms with Gasteiger partial charge in [-0.2, -0.15) is 0 Å². The molecule has 1 aromatic carbocycles. The van der Waals surface area contributed by atoms with Crippen LogP contribution in [0.1, 0.15) is 12.0 Å². The number of aliphatic hydroxyl groups is 4. The molecule has 5 atom stereocenters. The van der Waals surface area contributed by atoms with Crippen LogP contribution >= 0.6 is 7.80 Å². The lowest BCUT2D eigenvalue weighted by Gasteiger charge is -2.19. The second-order valence-electron chi connectivity index (χ2n) is 4.82. The van der Waals surface area contributed by atoms with E-state index in [4.69, 9.17) is 4.84 Å². The van der Waals surface area contributed by atoms with Crippen LogP contribution in [-0.2, 0) is 16.0 Å². The van der Waals surface area contributed by atoms with Gasteiger partial charge in [-0.25, -0.2) is 0 Å². The molecule has 122 valence electrons. The predicted molar refractivity (Wildman–Crippen MR) is 81.9 cm³/mol. The Hall–Kier alpha value is -1.37. The third-order valence-corrected chi connectivity index (χ3v) is 4.03. The van der Waals surface area contributed by atoms with Crippen molar-refractivity contribution in [2.45, 2.75) is 37.2 Å². The van der Waals surface area contributed by atoms with Gasteiger partial charge < -0.3 is 25.3 Å². The van der Waals surface area contributed by atoms with Gasteiger partial charge in [0.1, 0.15) is 25.5 Å². The first-order chi connectivity index (χ1) is 10.4. The minimum atomic E-state index is -1.88. The van der Waals surface area contributed by atoms with E-state index in [1.54, 1.807) is 0 Å². The zero-order valence-corrected chi connectivity index (χ0v) is 13.1. The number of hydrogen-bond donors (Lipinski definition) is 4. The molecule has 0 aromatic heterocycles. The summed E-state index contributed by atoms with van der Waals surface area (Å²) < 4.78 is 11.0. The van der Waals surface area contributed by atoms with Gasteiger partial charge in [-0.05, 0) is 5.56 Å². The van der Waals surface area contributed by atoms with Crippen LogP contribution in [0.5, 0.6) is 0 Å². The van der Waals surface area contributed by atoms with Crippen molar-refractivity contribution in [2.24, 2.45) is 5.16 Å². The molecule has 0 aliphatic heterocycles. The molecule has 1 rings (SSSR count). The first-order valence-electron chi connectivity index (χ1n) is 6.73. The number of oxime groups is 1. The van der Waals surface area contributed by atoms with E-state index in [1.807, 2.05) is 30.3 Å². The van der Waals surface area contributed by atoms with Crippen LogP contribution in [0.3, 0.4) is 0 Å². The summed E-state index contributed by atoms with van der Waals surface area (Å²) in [5.74, 6) is -1.24. The summed E-state index contributed by atoms with van der Waals surface area (Å²) in [6, 6.07) is 9.25. The Morgan fingerprint density at radius 2 is 1.86 bits per heavy atom. The van der Waals surface area contributed by atoms with E-state index in [0.717, 1.165) is 11.8 Å². The molecule has 0 aliphatic carbocycles. The lowest BCUT2D eigenvalue weighted by Crippen LogP contribution is -2.39. The number of nitrogens with zero attached hydrogens (tertiary/aromatic N) is 1. The van der Waals surface area contributed by atoms with Gasteiger partial charge in [0.05, 0.1) is 12.3 Å². The summed E-state index contributed by atoms with van der Waals surface area (Å²) in [6.45, 7) is 1.52. The number of benzene rings is 1. The molecule has 0 bridgehead atoms. The molecule has 0 radical (unpaired) electrons. The Morgan fingerprint density at radius 1 is 1.23 bits per heavy atom. The molecule has 0 fully saturated rings. The average molecular weight is 330 g/mol. The monoisotopic (exact) mass is 330 g/mol. The molecule has 7 nitrogen and oxygen atoms in total. The van der Waals surface area contributed by atoms with Crippen LogP contribution in [0.25, 0.3) is 0 Å². The molecule has 0 heterocycles.